The standard InChI is InChI=1S/C20H23N5O2/c26-19(24-7-3-4-8-24)16-13-17(15-21-14-16)20(27)25-11-9-23(10-12-25)18-5-1-2-6-22-18/h1-2,5-6,13-15H,3-4,7-12H2. The third kappa shape index (κ3) is 3.77. The van der Waals surface area contributed by atoms with Crippen LogP contribution in [0, 0.1) is 0 Å². The molecule has 2 fully saturated rings. The van der Waals surface area contributed by atoms with E-state index in [9.17, 15) is 9.59 Å². The molecule has 0 saturated carbocycles. The maximum atomic E-state index is 12.9. The molecular weight excluding hydrogens is 342 g/mol. The van der Waals surface area contributed by atoms with Crippen LogP contribution in [0.2, 0.25) is 0 Å². The first-order chi connectivity index (χ1) is 13.2. The van der Waals surface area contributed by atoms with Gasteiger partial charge in [-0.05, 0) is 31.0 Å². The maximum Gasteiger partial charge on any atom is 0.255 e. The first-order valence-electron chi connectivity index (χ1n) is 9.42. The van der Waals surface area contributed by atoms with Crippen LogP contribution in [0.3, 0.4) is 0 Å². The van der Waals surface area contributed by atoms with Gasteiger partial charge in [0.05, 0.1) is 11.1 Å². The van der Waals surface area contributed by atoms with Gasteiger partial charge in [-0.2, -0.15) is 0 Å². The Labute approximate surface area is 158 Å². The summed E-state index contributed by atoms with van der Waals surface area (Å²) in [6, 6.07) is 7.52. The number of pyridine rings is 2. The van der Waals surface area contributed by atoms with Crippen LogP contribution in [-0.4, -0.2) is 70.9 Å². The Morgan fingerprint density at radius 3 is 2.04 bits per heavy atom. The highest BCUT2D eigenvalue weighted by atomic mass is 16.2. The van der Waals surface area contributed by atoms with Crippen molar-refractivity contribution in [2.45, 2.75) is 12.8 Å². The molecular formula is C20H23N5O2. The number of hydrogen-bond donors (Lipinski definition) is 0. The Hall–Kier alpha value is -2.96. The molecule has 0 atom stereocenters. The van der Waals surface area contributed by atoms with Crippen molar-refractivity contribution in [2.24, 2.45) is 0 Å². The third-order valence-electron chi connectivity index (χ3n) is 5.17. The van der Waals surface area contributed by atoms with Crippen molar-refractivity contribution in [3.05, 3.63) is 54.0 Å². The number of amides is 2. The summed E-state index contributed by atoms with van der Waals surface area (Å²) in [6.07, 6.45) is 6.96. The Bertz CT molecular complexity index is 812. The van der Waals surface area contributed by atoms with Crippen LogP contribution in [0.15, 0.2) is 42.9 Å². The molecule has 0 radical (unpaired) electrons. The molecule has 0 bridgehead atoms. The zero-order chi connectivity index (χ0) is 18.6. The van der Waals surface area contributed by atoms with Crippen LogP contribution in [0.1, 0.15) is 33.6 Å². The van der Waals surface area contributed by atoms with E-state index in [1.165, 1.54) is 0 Å². The molecule has 7 nitrogen and oxygen atoms in total. The van der Waals surface area contributed by atoms with Crippen LogP contribution in [-0.2, 0) is 0 Å². The summed E-state index contributed by atoms with van der Waals surface area (Å²) in [5.41, 5.74) is 0.973. The highest BCUT2D eigenvalue weighted by Crippen LogP contribution is 2.16. The fourth-order valence-corrected chi connectivity index (χ4v) is 3.64. The number of piperazine rings is 1. The number of aromatic nitrogens is 2. The summed E-state index contributed by atoms with van der Waals surface area (Å²) in [5.74, 6) is 0.832. The van der Waals surface area contributed by atoms with Gasteiger partial charge in [0.1, 0.15) is 5.82 Å². The molecule has 4 rings (SSSR count). The molecule has 0 N–H and O–H groups in total. The summed E-state index contributed by atoms with van der Waals surface area (Å²) in [4.78, 5) is 39.7. The van der Waals surface area contributed by atoms with Gasteiger partial charge < -0.3 is 14.7 Å². The molecule has 140 valence electrons. The Morgan fingerprint density at radius 2 is 1.44 bits per heavy atom. The summed E-state index contributed by atoms with van der Waals surface area (Å²) < 4.78 is 0. The third-order valence-corrected chi connectivity index (χ3v) is 5.17. The van der Waals surface area contributed by atoms with Crippen molar-refractivity contribution in [2.75, 3.05) is 44.2 Å². The number of anilines is 1. The van der Waals surface area contributed by atoms with E-state index in [4.69, 9.17) is 0 Å². The molecule has 0 spiro atoms. The molecule has 2 aromatic heterocycles. The molecule has 2 aliphatic heterocycles. The lowest BCUT2D eigenvalue weighted by Crippen LogP contribution is -2.49. The van der Waals surface area contributed by atoms with Crippen LogP contribution >= 0.6 is 0 Å². The van der Waals surface area contributed by atoms with Crippen LogP contribution in [0.5, 0.6) is 0 Å². The number of carbonyl (C=O) groups excluding carboxylic acids is 2. The number of carbonyl (C=O) groups is 2. The van der Waals surface area contributed by atoms with Gasteiger partial charge in [0.2, 0.25) is 0 Å². The summed E-state index contributed by atoms with van der Waals surface area (Å²) >= 11 is 0. The fraction of sp³-hybridized carbons (Fsp3) is 0.400. The Balaban J connectivity index is 1.41. The highest BCUT2D eigenvalue weighted by molar-refractivity contribution is 5.99. The van der Waals surface area contributed by atoms with Gasteiger partial charge in [-0.15, -0.1) is 0 Å². The Kier molecular flexibility index (Phi) is 5.00. The molecule has 4 heterocycles. The molecule has 0 unspecified atom stereocenters. The minimum Gasteiger partial charge on any atom is -0.353 e. The Morgan fingerprint density at radius 1 is 0.815 bits per heavy atom. The van der Waals surface area contributed by atoms with Crippen LogP contribution < -0.4 is 4.90 Å². The van der Waals surface area contributed by atoms with E-state index in [0.29, 0.717) is 24.2 Å². The van der Waals surface area contributed by atoms with Crippen molar-refractivity contribution in [1.82, 2.24) is 19.8 Å². The lowest BCUT2D eigenvalue weighted by Gasteiger charge is -2.35. The molecule has 2 amide bonds. The van der Waals surface area contributed by atoms with Gasteiger partial charge in [-0.25, -0.2) is 4.98 Å². The minimum atomic E-state index is -0.0701. The van der Waals surface area contributed by atoms with Crippen LogP contribution in [0.4, 0.5) is 5.82 Å². The minimum absolute atomic E-state index is 0.0328. The van der Waals surface area contributed by atoms with Crippen molar-refractivity contribution in [3.63, 3.8) is 0 Å². The predicted octanol–water partition coefficient (Wildman–Crippen LogP) is 1.67. The average Bonchev–Trinajstić information content (AvgIpc) is 3.28. The van der Waals surface area contributed by atoms with Crippen molar-refractivity contribution < 1.29 is 9.59 Å². The maximum absolute atomic E-state index is 12.9. The lowest BCUT2D eigenvalue weighted by molar-refractivity contribution is 0.0746. The molecule has 2 aromatic rings. The second kappa shape index (κ2) is 7.73. The number of likely N-dealkylation sites (tertiary alicyclic amines) is 1. The smallest absolute Gasteiger partial charge is 0.255 e. The van der Waals surface area contributed by atoms with Crippen molar-refractivity contribution in [1.29, 1.82) is 0 Å². The van der Waals surface area contributed by atoms with Gasteiger partial charge >= 0.3 is 0 Å². The van der Waals surface area contributed by atoms with Gasteiger partial charge in [0, 0.05) is 57.9 Å². The number of nitrogens with zero attached hydrogens (tertiary/aromatic N) is 5. The molecule has 2 saturated heterocycles. The molecule has 0 aliphatic carbocycles. The van der Waals surface area contributed by atoms with Gasteiger partial charge in [0.25, 0.3) is 11.8 Å². The average molecular weight is 365 g/mol. The van der Waals surface area contributed by atoms with E-state index in [0.717, 1.165) is 44.8 Å². The van der Waals surface area contributed by atoms with E-state index in [-0.39, 0.29) is 11.8 Å². The second-order valence-electron chi connectivity index (χ2n) is 6.93. The quantitative estimate of drug-likeness (QED) is 0.828. The predicted molar refractivity (Wildman–Crippen MR) is 102 cm³/mol. The summed E-state index contributed by atoms with van der Waals surface area (Å²) in [6.45, 7) is 4.30. The molecule has 0 aromatic carbocycles. The lowest BCUT2D eigenvalue weighted by atomic mass is 10.1. The van der Waals surface area contributed by atoms with E-state index < -0.39 is 0 Å². The summed E-state index contributed by atoms with van der Waals surface area (Å²) in [7, 11) is 0. The van der Waals surface area contributed by atoms with E-state index >= 15 is 0 Å². The number of hydrogen-bond acceptors (Lipinski definition) is 5. The van der Waals surface area contributed by atoms with E-state index in [1.807, 2.05) is 28.0 Å². The topological polar surface area (TPSA) is 69.6 Å². The SMILES string of the molecule is O=C(c1cncc(C(=O)N2CCN(c3ccccn3)CC2)c1)N1CCCC1. The van der Waals surface area contributed by atoms with Crippen molar-refractivity contribution in [3.8, 4) is 0 Å². The summed E-state index contributed by atoms with van der Waals surface area (Å²) in [5, 5.41) is 0. The van der Waals surface area contributed by atoms with Gasteiger partial charge in [-0.3, -0.25) is 14.6 Å². The highest BCUT2D eigenvalue weighted by Gasteiger charge is 2.25. The molecule has 7 heteroatoms. The largest absolute Gasteiger partial charge is 0.353 e. The second-order valence-corrected chi connectivity index (χ2v) is 6.93. The monoisotopic (exact) mass is 365 g/mol. The fourth-order valence-electron chi connectivity index (χ4n) is 3.64. The van der Waals surface area contributed by atoms with Gasteiger partial charge in [0.15, 0.2) is 0 Å². The normalized spacial score (nSPS) is 17.3. The van der Waals surface area contributed by atoms with Crippen LogP contribution in [0.25, 0.3) is 0 Å². The van der Waals surface area contributed by atoms with Crippen molar-refractivity contribution >= 4 is 17.6 Å². The molecule has 27 heavy (non-hydrogen) atoms. The number of rotatable bonds is 3. The zero-order valence-corrected chi connectivity index (χ0v) is 15.3. The molecule has 2 aliphatic rings. The van der Waals surface area contributed by atoms with E-state index in [2.05, 4.69) is 14.9 Å². The first-order valence-corrected chi connectivity index (χ1v) is 9.42. The van der Waals surface area contributed by atoms with Gasteiger partial charge in [-0.1, -0.05) is 6.07 Å². The van der Waals surface area contributed by atoms with E-state index in [1.54, 1.807) is 24.7 Å². The zero-order valence-electron chi connectivity index (χ0n) is 15.3. The first kappa shape index (κ1) is 17.5.